The third-order valence-corrected chi connectivity index (χ3v) is 4.53. The molecule has 2 atom stereocenters. The summed E-state index contributed by atoms with van der Waals surface area (Å²) in [6.45, 7) is 2.90. The molecule has 2 aromatic carbocycles. The van der Waals surface area contributed by atoms with Gasteiger partial charge in [0.15, 0.2) is 6.54 Å². The summed E-state index contributed by atoms with van der Waals surface area (Å²) < 4.78 is 5.35. The molecule has 0 aliphatic rings. The molecule has 0 saturated carbocycles. The zero-order valence-electron chi connectivity index (χ0n) is 14.6. The van der Waals surface area contributed by atoms with E-state index in [1.807, 2.05) is 50.4 Å². The molecule has 0 aliphatic heterocycles. The van der Waals surface area contributed by atoms with E-state index in [-0.39, 0.29) is 11.9 Å². The van der Waals surface area contributed by atoms with Crippen molar-refractivity contribution in [3.63, 3.8) is 0 Å². The summed E-state index contributed by atoms with van der Waals surface area (Å²) in [5, 5.41) is 4.30. The number of nitrogens with one attached hydrogen (secondary N) is 2. The third-order valence-electron chi connectivity index (χ3n) is 3.95. The molecular weight excluding hydrogens is 359 g/mol. The monoisotopic (exact) mass is 381 g/mol. The summed E-state index contributed by atoms with van der Waals surface area (Å²) in [5.41, 5.74) is 1.88. The molecule has 0 fully saturated rings. The van der Waals surface area contributed by atoms with Crippen LogP contribution in [0.15, 0.2) is 42.5 Å². The van der Waals surface area contributed by atoms with E-state index in [2.05, 4.69) is 5.32 Å². The van der Waals surface area contributed by atoms with Crippen molar-refractivity contribution in [3.8, 4) is 5.75 Å². The van der Waals surface area contributed by atoms with Gasteiger partial charge in [-0.1, -0.05) is 41.4 Å². The number of carbonyl (C=O) groups excluding carboxylic acids is 1. The summed E-state index contributed by atoms with van der Waals surface area (Å²) in [7, 11) is 3.58. The largest absolute Gasteiger partial charge is 0.496 e. The maximum absolute atomic E-state index is 12.3. The van der Waals surface area contributed by atoms with Gasteiger partial charge >= 0.3 is 0 Å². The van der Waals surface area contributed by atoms with Crippen molar-refractivity contribution in [1.82, 2.24) is 5.32 Å². The molecule has 25 heavy (non-hydrogen) atoms. The Bertz CT molecular complexity index is 737. The SMILES string of the molecule is COc1ccc(Cl)cc1C[NH+](C)CC(=O)N[C@H](C)c1ccccc1Cl. The predicted molar refractivity (Wildman–Crippen MR) is 101 cm³/mol. The van der Waals surface area contributed by atoms with E-state index in [9.17, 15) is 4.79 Å². The van der Waals surface area contributed by atoms with Gasteiger partial charge in [-0.2, -0.15) is 0 Å². The lowest BCUT2D eigenvalue weighted by Crippen LogP contribution is -3.08. The molecule has 134 valence electrons. The van der Waals surface area contributed by atoms with Gasteiger partial charge in [0.2, 0.25) is 0 Å². The topological polar surface area (TPSA) is 42.8 Å². The summed E-state index contributed by atoms with van der Waals surface area (Å²) in [4.78, 5) is 13.4. The van der Waals surface area contributed by atoms with Crippen LogP contribution in [0.3, 0.4) is 0 Å². The van der Waals surface area contributed by atoms with Crippen LogP contribution in [0.1, 0.15) is 24.1 Å². The van der Waals surface area contributed by atoms with Crippen LogP contribution in [0.5, 0.6) is 5.75 Å². The maximum atomic E-state index is 12.3. The van der Waals surface area contributed by atoms with E-state index in [0.717, 1.165) is 21.8 Å². The van der Waals surface area contributed by atoms with Gasteiger partial charge in [0.1, 0.15) is 12.3 Å². The first-order chi connectivity index (χ1) is 11.9. The van der Waals surface area contributed by atoms with Gasteiger partial charge in [-0.15, -0.1) is 0 Å². The molecule has 0 heterocycles. The Morgan fingerprint density at radius 2 is 1.96 bits per heavy atom. The van der Waals surface area contributed by atoms with E-state index in [4.69, 9.17) is 27.9 Å². The summed E-state index contributed by atoms with van der Waals surface area (Å²) >= 11 is 12.2. The van der Waals surface area contributed by atoms with Crippen molar-refractivity contribution in [2.45, 2.75) is 19.5 Å². The van der Waals surface area contributed by atoms with Crippen molar-refractivity contribution in [2.75, 3.05) is 20.7 Å². The minimum absolute atomic E-state index is 0.0362. The summed E-state index contributed by atoms with van der Waals surface area (Å²) in [5.74, 6) is 0.736. The predicted octanol–water partition coefficient (Wildman–Crippen LogP) is 2.89. The van der Waals surface area contributed by atoms with Crippen molar-refractivity contribution in [1.29, 1.82) is 0 Å². The second-order valence-electron chi connectivity index (χ2n) is 6.08. The number of quaternary nitrogens is 1. The van der Waals surface area contributed by atoms with Crippen LogP contribution in [0.25, 0.3) is 0 Å². The standard InChI is InChI=1S/C19H22Cl2N2O2/c1-13(16-6-4-5-7-17(16)21)22-19(24)12-23(2)11-14-10-15(20)8-9-18(14)25-3/h4-10,13H,11-12H2,1-3H3,(H,22,24)/p+1/t13-/m1/s1. The van der Waals surface area contributed by atoms with Gasteiger partial charge in [-0.25, -0.2) is 0 Å². The van der Waals surface area contributed by atoms with Crippen LogP contribution in [0.2, 0.25) is 10.0 Å². The number of hydrogen-bond donors (Lipinski definition) is 2. The minimum Gasteiger partial charge on any atom is -0.496 e. The average Bonchev–Trinajstić information content (AvgIpc) is 2.55. The Labute approximate surface area is 158 Å². The first-order valence-electron chi connectivity index (χ1n) is 8.08. The lowest BCUT2D eigenvalue weighted by atomic mass is 10.1. The molecule has 2 aromatic rings. The third kappa shape index (κ3) is 5.63. The number of ether oxygens (including phenoxy) is 1. The molecule has 0 spiro atoms. The van der Waals surface area contributed by atoms with Crippen LogP contribution >= 0.6 is 23.2 Å². The normalized spacial score (nSPS) is 13.2. The minimum atomic E-state index is -0.144. The number of benzene rings is 2. The fourth-order valence-corrected chi connectivity index (χ4v) is 3.24. The Kier molecular flexibility index (Phi) is 7.12. The summed E-state index contributed by atoms with van der Waals surface area (Å²) in [6.07, 6.45) is 0. The molecule has 0 aromatic heterocycles. The number of methoxy groups -OCH3 is 1. The smallest absolute Gasteiger partial charge is 0.275 e. The Hall–Kier alpha value is -1.75. The van der Waals surface area contributed by atoms with E-state index in [0.29, 0.717) is 23.1 Å². The first kappa shape index (κ1) is 19.6. The molecule has 1 unspecified atom stereocenters. The van der Waals surface area contributed by atoms with Gasteiger partial charge in [0.25, 0.3) is 5.91 Å². The summed E-state index contributed by atoms with van der Waals surface area (Å²) in [6, 6.07) is 12.9. The number of halogens is 2. The molecule has 2 N–H and O–H groups in total. The quantitative estimate of drug-likeness (QED) is 0.774. The highest BCUT2D eigenvalue weighted by atomic mass is 35.5. The molecule has 0 saturated heterocycles. The zero-order chi connectivity index (χ0) is 18.4. The van der Waals surface area contributed by atoms with Crippen molar-refractivity contribution in [3.05, 3.63) is 63.6 Å². The lowest BCUT2D eigenvalue weighted by molar-refractivity contribution is -0.885. The van der Waals surface area contributed by atoms with E-state index < -0.39 is 0 Å². The molecule has 0 radical (unpaired) electrons. The average molecular weight is 382 g/mol. The van der Waals surface area contributed by atoms with Gasteiger partial charge in [-0.05, 0) is 36.8 Å². The molecule has 2 rings (SSSR count). The van der Waals surface area contributed by atoms with Gasteiger partial charge in [0.05, 0.1) is 20.2 Å². The van der Waals surface area contributed by atoms with E-state index >= 15 is 0 Å². The van der Waals surface area contributed by atoms with Crippen LogP contribution < -0.4 is 15.0 Å². The van der Waals surface area contributed by atoms with Crippen molar-refractivity contribution < 1.29 is 14.4 Å². The van der Waals surface area contributed by atoms with Gasteiger partial charge < -0.3 is 15.0 Å². The van der Waals surface area contributed by atoms with Crippen LogP contribution in [-0.2, 0) is 11.3 Å². The Morgan fingerprint density at radius 3 is 2.64 bits per heavy atom. The van der Waals surface area contributed by atoms with Gasteiger partial charge in [-0.3, -0.25) is 4.79 Å². The molecular formula is C19H23Cl2N2O2+. The molecule has 0 aliphatic carbocycles. The number of likely N-dealkylation sites (N-methyl/N-ethyl adjacent to an activating group) is 1. The number of carbonyl (C=O) groups is 1. The fourth-order valence-electron chi connectivity index (χ4n) is 2.74. The molecule has 6 heteroatoms. The van der Waals surface area contributed by atoms with Crippen LogP contribution in [-0.4, -0.2) is 26.6 Å². The highest BCUT2D eigenvalue weighted by Gasteiger charge is 2.17. The van der Waals surface area contributed by atoms with Crippen molar-refractivity contribution in [2.24, 2.45) is 0 Å². The second-order valence-corrected chi connectivity index (χ2v) is 6.92. The van der Waals surface area contributed by atoms with Crippen molar-refractivity contribution >= 4 is 29.1 Å². The van der Waals surface area contributed by atoms with Crippen LogP contribution in [0, 0.1) is 0 Å². The molecule has 1 amide bonds. The molecule has 4 nitrogen and oxygen atoms in total. The first-order valence-corrected chi connectivity index (χ1v) is 8.83. The second kappa shape index (κ2) is 9.09. The highest BCUT2D eigenvalue weighted by molar-refractivity contribution is 6.31. The van der Waals surface area contributed by atoms with E-state index in [1.165, 1.54) is 0 Å². The number of amides is 1. The van der Waals surface area contributed by atoms with E-state index in [1.54, 1.807) is 13.2 Å². The zero-order valence-corrected chi connectivity index (χ0v) is 16.1. The number of hydrogen-bond acceptors (Lipinski definition) is 2. The maximum Gasteiger partial charge on any atom is 0.275 e. The van der Waals surface area contributed by atoms with Gasteiger partial charge in [0, 0.05) is 15.6 Å². The Balaban J connectivity index is 1.94. The Morgan fingerprint density at radius 1 is 1.24 bits per heavy atom. The fraction of sp³-hybridized carbons (Fsp3) is 0.316. The lowest BCUT2D eigenvalue weighted by Gasteiger charge is -2.19. The number of rotatable bonds is 7. The highest BCUT2D eigenvalue weighted by Crippen LogP contribution is 2.22. The molecule has 0 bridgehead atoms. The van der Waals surface area contributed by atoms with Crippen LogP contribution in [0.4, 0.5) is 0 Å².